The van der Waals surface area contributed by atoms with Crippen molar-refractivity contribution < 1.29 is 13.2 Å². The molecule has 0 aromatic rings. The highest BCUT2D eigenvalue weighted by Crippen LogP contribution is 2.22. The highest BCUT2D eigenvalue weighted by Gasteiger charge is 2.36. The first kappa shape index (κ1) is 14.8. The van der Waals surface area contributed by atoms with Gasteiger partial charge in [0.1, 0.15) is 0 Å². The number of nitrogens with one attached hydrogen (secondary N) is 1. The Bertz CT molecular complexity index is 218. The van der Waals surface area contributed by atoms with Crippen LogP contribution in [0.15, 0.2) is 0 Å². The van der Waals surface area contributed by atoms with Gasteiger partial charge >= 0.3 is 6.18 Å². The first-order chi connectivity index (χ1) is 7.96. The van der Waals surface area contributed by atoms with E-state index in [0.29, 0.717) is 13.1 Å². The molecule has 17 heavy (non-hydrogen) atoms. The van der Waals surface area contributed by atoms with E-state index in [1.165, 1.54) is 0 Å². The highest BCUT2D eigenvalue weighted by molar-refractivity contribution is 4.86. The molecule has 2 atom stereocenters. The molecule has 1 fully saturated rings. The molecule has 1 heterocycles. The lowest BCUT2D eigenvalue weighted by Gasteiger charge is -2.40. The van der Waals surface area contributed by atoms with Gasteiger partial charge in [-0.2, -0.15) is 13.2 Å². The summed E-state index contributed by atoms with van der Waals surface area (Å²) in [5.74, 6) is 0. The molecule has 0 aromatic heterocycles. The Morgan fingerprint density at radius 2 is 1.82 bits per heavy atom. The van der Waals surface area contributed by atoms with E-state index in [-0.39, 0.29) is 12.1 Å². The van der Waals surface area contributed by atoms with Crippen molar-refractivity contribution in [3.8, 4) is 0 Å². The van der Waals surface area contributed by atoms with Gasteiger partial charge in [0.25, 0.3) is 0 Å². The van der Waals surface area contributed by atoms with Crippen molar-refractivity contribution in [1.29, 1.82) is 0 Å². The molecule has 5 heteroatoms. The third kappa shape index (κ3) is 5.25. The Morgan fingerprint density at radius 1 is 1.18 bits per heavy atom. The fraction of sp³-hybridized carbons (Fsp3) is 1.00. The van der Waals surface area contributed by atoms with Gasteiger partial charge in [-0.25, -0.2) is 0 Å². The molecule has 102 valence electrons. The number of hydrogen-bond donors (Lipinski definition) is 1. The monoisotopic (exact) mass is 252 g/mol. The van der Waals surface area contributed by atoms with Crippen molar-refractivity contribution >= 4 is 0 Å². The fourth-order valence-electron chi connectivity index (χ4n) is 2.51. The maximum atomic E-state index is 12.5. The van der Waals surface area contributed by atoms with Gasteiger partial charge in [-0.3, -0.25) is 4.90 Å². The number of nitrogens with zero attached hydrogens (tertiary/aromatic N) is 1. The molecule has 0 amide bonds. The summed E-state index contributed by atoms with van der Waals surface area (Å²) < 4.78 is 37.5. The van der Waals surface area contributed by atoms with Gasteiger partial charge in [0, 0.05) is 25.2 Å². The second-order valence-corrected chi connectivity index (χ2v) is 4.88. The van der Waals surface area contributed by atoms with Gasteiger partial charge in [0.15, 0.2) is 0 Å². The summed E-state index contributed by atoms with van der Waals surface area (Å²) in [7, 11) is 0. The molecule has 2 nitrogen and oxygen atoms in total. The van der Waals surface area contributed by atoms with Crippen LogP contribution in [-0.4, -0.2) is 42.8 Å². The normalized spacial score (nSPS) is 27.4. The summed E-state index contributed by atoms with van der Waals surface area (Å²) in [4.78, 5) is 1.61. The molecule has 0 aromatic carbocycles. The number of rotatable bonds is 5. The average Bonchev–Trinajstić information content (AvgIpc) is 2.20. The van der Waals surface area contributed by atoms with E-state index in [9.17, 15) is 13.2 Å². The molecule has 0 aliphatic carbocycles. The summed E-state index contributed by atoms with van der Waals surface area (Å²) in [6.07, 6.45) is -0.357. The van der Waals surface area contributed by atoms with Crippen LogP contribution in [0.25, 0.3) is 0 Å². The molecule has 0 saturated carbocycles. The van der Waals surface area contributed by atoms with Crippen molar-refractivity contribution in [3.05, 3.63) is 0 Å². The molecule has 1 rings (SSSR count). The van der Waals surface area contributed by atoms with E-state index >= 15 is 0 Å². The SMILES string of the molecule is CCCC1CN(CC(F)(F)F)C(CCC)CN1. The molecule has 1 N–H and O–H groups in total. The zero-order chi connectivity index (χ0) is 12.9. The topological polar surface area (TPSA) is 15.3 Å². The zero-order valence-electron chi connectivity index (χ0n) is 10.7. The van der Waals surface area contributed by atoms with Crippen LogP contribution in [0.5, 0.6) is 0 Å². The number of hydrogen-bond acceptors (Lipinski definition) is 2. The minimum absolute atomic E-state index is 0.0368. The van der Waals surface area contributed by atoms with E-state index in [0.717, 1.165) is 25.7 Å². The number of piperazine rings is 1. The van der Waals surface area contributed by atoms with Crippen molar-refractivity contribution in [2.45, 2.75) is 57.8 Å². The second kappa shape index (κ2) is 6.59. The Labute approximate surface area is 102 Å². The highest BCUT2D eigenvalue weighted by atomic mass is 19.4. The Kier molecular flexibility index (Phi) is 5.73. The lowest BCUT2D eigenvalue weighted by Crippen LogP contribution is -2.58. The number of alkyl halides is 3. The largest absolute Gasteiger partial charge is 0.401 e. The average molecular weight is 252 g/mol. The molecule has 2 unspecified atom stereocenters. The quantitative estimate of drug-likeness (QED) is 0.809. The van der Waals surface area contributed by atoms with Gasteiger partial charge < -0.3 is 5.32 Å². The third-order valence-electron chi connectivity index (χ3n) is 3.25. The molecule has 1 aliphatic heterocycles. The van der Waals surface area contributed by atoms with Crippen LogP contribution < -0.4 is 5.32 Å². The van der Waals surface area contributed by atoms with E-state index < -0.39 is 12.7 Å². The van der Waals surface area contributed by atoms with E-state index in [1.54, 1.807) is 4.90 Å². The van der Waals surface area contributed by atoms with Crippen molar-refractivity contribution in [2.75, 3.05) is 19.6 Å². The van der Waals surface area contributed by atoms with Crippen molar-refractivity contribution in [1.82, 2.24) is 10.2 Å². The minimum atomic E-state index is -4.08. The van der Waals surface area contributed by atoms with Gasteiger partial charge in [0.2, 0.25) is 0 Å². The van der Waals surface area contributed by atoms with Gasteiger partial charge in [-0.1, -0.05) is 26.7 Å². The van der Waals surface area contributed by atoms with E-state index in [4.69, 9.17) is 0 Å². The maximum Gasteiger partial charge on any atom is 0.401 e. The van der Waals surface area contributed by atoms with Crippen LogP contribution in [0, 0.1) is 0 Å². The molecule has 0 bridgehead atoms. The minimum Gasteiger partial charge on any atom is -0.311 e. The smallest absolute Gasteiger partial charge is 0.311 e. The van der Waals surface area contributed by atoms with Crippen molar-refractivity contribution in [3.63, 3.8) is 0 Å². The van der Waals surface area contributed by atoms with Crippen LogP contribution in [0.2, 0.25) is 0 Å². The fourth-order valence-corrected chi connectivity index (χ4v) is 2.51. The Balaban J connectivity index is 2.56. The summed E-state index contributed by atoms with van der Waals surface area (Å²) >= 11 is 0. The maximum absolute atomic E-state index is 12.5. The molecule has 1 aliphatic rings. The summed E-state index contributed by atoms with van der Waals surface area (Å²) in [5, 5.41) is 3.36. The van der Waals surface area contributed by atoms with Crippen LogP contribution in [0.1, 0.15) is 39.5 Å². The Morgan fingerprint density at radius 3 is 2.35 bits per heavy atom. The predicted octanol–water partition coefficient (Wildman–Crippen LogP) is 2.79. The third-order valence-corrected chi connectivity index (χ3v) is 3.25. The lowest BCUT2D eigenvalue weighted by atomic mass is 10.0. The predicted molar refractivity (Wildman–Crippen MR) is 63.0 cm³/mol. The first-order valence-electron chi connectivity index (χ1n) is 6.50. The zero-order valence-corrected chi connectivity index (χ0v) is 10.7. The van der Waals surface area contributed by atoms with Crippen molar-refractivity contribution in [2.24, 2.45) is 0 Å². The van der Waals surface area contributed by atoms with Crippen LogP contribution in [0.4, 0.5) is 13.2 Å². The standard InChI is InChI=1S/C12H23F3N2/c1-3-5-10-8-17(9-12(13,14)15)11(6-4-2)7-16-10/h10-11,16H,3-9H2,1-2H3. The number of halogens is 3. The first-order valence-corrected chi connectivity index (χ1v) is 6.50. The van der Waals surface area contributed by atoms with Gasteiger partial charge in [-0.15, -0.1) is 0 Å². The second-order valence-electron chi connectivity index (χ2n) is 4.88. The van der Waals surface area contributed by atoms with Crippen LogP contribution in [0.3, 0.4) is 0 Å². The molecule has 0 radical (unpaired) electrons. The van der Waals surface area contributed by atoms with E-state index in [2.05, 4.69) is 12.2 Å². The van der Waals surface area contributed by atoms with E-state index in [1.807, 2.05) is 6.92 Å². The molecule has 0 spiro atoms. The summed E-state index contributed by atoms with van der Waals surface area (Å²) in [6.45, 7) is 4.53. The molecule has 1 saturated heterocycles. The lowest BCUT2D eigenvalue weighted by molar-refractivity contribution is -0.154. The summed E-state index contributed by atoms with van der Waals surface area (Å²) in [5.41, 5.74) is 0. The Hall–Kier alpha value is -0.290. The van der Waals surface area contributed by atoms with Crippen LogP contribution in [-0.2, 0) is 0 Å². The van der Waals surface area contributed by atoms with Crippen LogP contribution >= 0.6 is 0 Å². The van der Waals surface area contributed by atoms with Gasteiger partial charge in [0.05, 0.1) is 6.54 Å². The molecular weight excluding hydrogens is 229 g/mol. The summed E-state index contributed by atoms with van der Waals surface area (Å²) in [6, 6.07) is 0.255. The molecular formula is C12H23F3N2. The van der Waals surface area contributed by atoms with Gasteiger partial charge in [-0.05, 0) is 12.8 Å².